The molecule has 5 nitrogen and oxygen atoms in total. The van der Waals surface area contributed by atoms with Crippen LogP contribution in [0, 0.1) is 0 Å². The van der Waals surface area contributed by atoms with E-state index in [2.05, 4.69) is 50.0 Å². The molecule has 1 aromatic carbocycles. The summed E-state index contributed by atoms with van der Waals surface area (Å²) in [6.07, 6.45) is 4.51. The number of amides is 2. The molecule has 0 spiro atoms. The zero-order valence-corrected chi connectivity index (χ0v) is 16.5. The van der Waals surface area contributed by atoms with E-state index in [1.807, 2.05) is 28.3 Å². The van der Waals surface area contributed by atoms with E-state index >= 15 is 0 Å². The molecule has 0 atom stereocenters. The Kier molecular flexibility index (Phi) is 5.68. The first-order valence-electron chi connectivity index (χ1n) is 9.59. The molecule has 2 aromatic rings. The highest BCUT2D eigenvalue weighted by atomic mass is 16.2. The highest BCUT2D eigenvalue weighted by Crippen LogP contribution is 2.22. The zero-order chi connectivity index (χ0) is 19.4. The van der Waals surface area contributed by atoms with Crippen LogP contribution in [0.15, 0.2) is 42.7 Å². The lowest BCUT2D eigenvalue weighted by Gasteiger charge is -2.35. The molecule has 1 aliphatic heterocycles. The van der Waals surface area contributed by atoms with Gasteiger partial charge in [-0.15, -0.1) is 0 Å². The minimum Gasteiger partial charge on any atom is -0.367 e. The highest BCUT2D eigenvalue weighted by Gasteiger charge is 2.24. The Balaban J connectivity index is 1.49. The number of carbonyl (C=O) groups is 2. The Morgan fingerprint density at radius 3 is 1.81 bits per heavy atom. The van der Waals surface area contributed by atoms with Crippen molar-refractivity contribution in [3.05, 3.63) is 59.4 Å². The number of carbonyl (C=O) groups excluding carboxylic acids is 2. The van der Waals surface area contributed by atoms with Gasteiger partial charge in [-0.3, -0.25) is 9.59 Å². The third-order valence-electron chi connectivity index (χ3n) is 5.18. The first-order valence-corrected chi connectivity index (χ1v) is 9.59. The van der Waals surface area contributed by atoms with Crippen molar-refractivity contribution in [2.24, 2.45) is 0 Å². The molecule has 1 aliphatic rings. The number of aromatic nitrogens is 1. The summed E-state index contributed by atoms with van der Waals surface area (Å²) in [7, 11) is 0. The first kappa shape index (κ1) is 19.2. The average Bonchev–Trinajstić information content (AvgIpc) is 3.14. The summed E-state index contributed by atoms with van der Waals surface area (Å²) in [6.45, 7) is 8.99. The predicted octanol–water partition coefficient (Wildman–Crippen LogP) is 2.77. The molecule has 0 bridgehead atoms. The van der Waals surface area contributed by atoms with Gasteiger partial charge in [0.25, 0.3) is 0 Å². The third-order valence-corrected chi connectivity index (χ3v) is 5.18. The number of hydrogen-bond donors (Lipinski definition) is 1. The minimum atomic E-state index is 0.117. The molecule has 0 saturated carbocycles. The van der Waals surface area contributed by atoms with Crippen LogP contribution in [0.2, 0.25) is 0 Å². The molecule has 0 radical (unpaired) electrons. The van der Waals surface area contributed by atoms with Crippen LogP contribution in [0.3, 0.4) is 0 Å². The minimum absolute atomic E-state index is 0.117. The summed E-state index contributed by atoms with van der Waals surface area (Å²) in [5, 5.41) is 0. The second-order valence-electron chi connectivity index (χ2n) is 8.28. The van der Waals surface area contributed by atoms with Crippen LogP contribution in [0.1, 0.15) is 37.5 Å². The maximum Gasteiger partial charge on any atom is 0.227 e. The molecule has 2 heterocycles. The van der Waals surface area contributed by atoms with E-state index in [1.165, 1.54) is 5.56 Å². The highest BCUT2D eigenvalue weighted by molar-refractivity contribution is 5.81. The largest absolute Gasteiger partial charge is 0.367 e. The summed E-state index contributed by atoms with van der Waals surface area (Å²) < 4.78 is 0. The van der Waals surface area contributed by atoms with Crippen molar-refractivity contribution in [2.75, 3.05) is 26.2 Å². The van der Waals surface area contributed by atoms with E-state index in [9.17, 15) is 9.59 Å². The summed E-state index contributed by atoms with van der Waals surface area (Å²) >= 11 is 0. The van der Waals surface area contributed by atoms with Crippen LogP contribution in [-0.2, 0) is 27.8 Å². The fourth-order valence-electron chi connectivity index (χ4n) is 3.37. The molecule has 2 amide bonds. The van der Waals surface area contributed by atoms with Crippen LogP contribution in [0.4, 0.5) is 0 Å². The average molecular weight is 367 g/mol. The predicted molar refractivity (Wildman–Crippen MR) is 107 cm³/mol. The van der Waals surface area contributed by atoms with Crippen LogP contribution in [0.5, 0.6) is 0 Å². The Bertz CT molecular complexity index is 765. The lowest BCUT2D eigenvalue weighted by atomic mass is 9.86. The van der Waals surface area contributed by atoms with Crippen molar-refractivity contribution in [1.29, 1.82) is 0 Å². The van der Waals surface area contributed by atoms with Gasteiger partial charge in [-0.05, 0) is 28.2 Å². The van der Waals surface area contributed by atoms with Crippen molar-refractivity contribution in [3.8, 4) is 0 Å². The van der Waals surface area contributed by atoms with Gasteiger partial charge >= 0.3 is 0 Å². The number of H-pyrrole nitrogens is 1. The molecule has 27 heavy (non-hydrogen) atoms. The molecular weight excluding hydrogens is 338 g/mol. The maximum atomic E-state index is 12.6. The number of benzene rings is 1. The molecular formula is C22H29N3O2. The van der Waals surface area contributed by atoms with Crippen molar-refractivity contribution in [1.82, 2.24) is 14.8 Å². The van der Waals surface area contributed by atoms with Crippen LogP contribution >= 0.6 is 0 Å². The summed E-state index contributed by atoms with van der Waals surface area (Å²) in [5.74, 6) is 0.260. The zero-order valence-electron chi connectivity index (χ0n) is 16.5. The Morgan fingerprint density at radius 2 is 1.37 bits per heavy atom. The second kappa shape index (κ2) is 7.99. The van der Waals surface area contributed by atoms with Gasteiger partial charge in [-0.2, -0.15) is 0 Å². The standard InChI is InChI=1S/C22H29N3O2/c1-22(2,3)19-6-4-17(5-7-19)14-20(26)24-10-12-25(13-11-24)21(27)15-18-8-9-23-16-18/h4-9,16,23H,10-15H2,1-3H3. The Labute approximate surface area is 161 Å². The number of hydrogen-bond acceptors (Lipinski definition) is 2. The van der Waals surface area contributed by atoms with Gasteiger partial charge in [0.1, 0.15) is 0 Å². The van der Waals surface area contributed by atoms with Crippen LogP contribution in [-0.4, -0.2) is 52.8 Å². The quantitative estimate of drug-likeness (QED) is 0.903. The lowest BCUT2D eigenvalue weighted by Crippen LogP contribution is -2.51. The second-order valence-corrected chi connectivity index (χ2v) is 8.28. The first-order chi connectivity index (χ1) is 12.8. The molecule has 0 aliphatic carbocycles. The van der Waals surface area contributed by atoms with Crippen molar-refractivity contribution in [3.63, 3.8) is 0 Å². The third kappa shape index (κ3) is 5.00. The number of nitrogens with zero attached hydrogens (tertiary/aromatic N) is 2. The fraction of sp³-hybridized carbons (Fsp3) is 0.455. The van der Waals surface area contributed by atoms with E-state index < -0.39 is 0 Å². The van der Waals surface area contributed by atoms with Gasteiger partial charge in [0.2, 0.25) is 11.8 Å². The SMILES string of the molecule is CC(C)(C)c1ccc(CC(=O)N2CCN(C(=O)Cc3cc[nH]c3)CC2)cc1. The molecule has 1 fully saturated rings. The molecule has 144 valence electrons. The van der Waals surface area contributed by atoms with E-state index in [-0.39, 0.29) is 17.2 Å². The molecule has 1 saturated heterocycles. The molecule has 5 heteroatoms. The molecule has 1 aromatic heterocycles. The van der Waals surface area contributed by atoms with Gasteiger partial charge in [0, 0.05) is 38.6 Å². The van der Waals surface area contributed by atoms with Gasteiger partial charge in [0.05, 0.1) is 12.8 Å². The topological polar surface area (TPSA) is 56.4 Å². The van der Waals surface area contributed by atoms with Gasteiger partial charge < -0.3 is 14.8 Å². The van der Waals surface area contributed by atoms with E-state index in [1.54, 1.807) is 0 Å². The maximum absolute atomic E-state index is 12.6. The summed E-state index contributed by atoms with van der Waals surface area (Å²) in [4.78, 5) is 31.7. The lowest BCUT2D eigenvalue weighted by molar-refractivity contribution is -0.138. The molecule has 1 N–H and O–H groups in total. The number of aromatic amines is 1. The van der Waals surface area contributed by atoms with E-state index in [0.29, 0.717) is 39.0 Å². The fourth-order valence-corrected chi connectivity index (χ4v) is 3.37. The van der Waals surface area contributed by atoms with Crippen molar-refractivity contribution < 1.29 is 9.59 Å². The number of nitrogens with one attached hydrogen (secondary N) is 1. The smallest absolute Gasteiger partial charge is 0.227 e. The molecule has 0 unspecified atom stereocenters. The number of piperazine rings is 1. The summed E-state index contributed by atoms with van der Waals surface area (Å²) in [6, 6.07) is 10.2. The molecule has 3 rings (SSSR count). The Morgan fingerprint density at radius 1 is 0.852 bits per heavy atom. The van der Waals surface area contributed by atoms with Crippen LogP contribution < -0.4 is 0 Å². The van der Waals surface area contributed by atoms with Crippen molar-refractivity contribution >= 4 is 11.8 Å². The van der Waals surface area contributed by atoms with Gasteiger partial charge in [-0.25, -0.2) is 0 Å². The normalized spacial score (nSPS) is 15.1. The van der Waals surface area contributed by atoms with E-state index in [0.717, 1.165) is 11.1 Å². The summed E-state index contributed by atoms with van der Waals surface area (Å²) in [5.41, 5.74) is 3.43. The number of rotatable bonds is 4. The van der Waals surface area contributed by atoms with Gasteiger partial charge in [-0.1, -0.05) is 45.0 Å². The Hall–Kier alpha value is -2.56. The van der Waals surface area contributed by atoms with Crippen LogP contribution in [0.25, 0.3) is 0 Å². The van der Waals surface area contributed by atoms with Gasteiger partial charge in [0.15, 0.2) is 0 Å². The van der Waals surface area contributed by atoms with Crippen molar-refractivity contribution in [2.45, 2.75) is 39.0 Å². The van der Waals surface area contributed by atoms with E-state index in [4.69, 9.17) is 0 Å². The monoisotopic (exact) mass is 367 g/mol.